The number of nitriles is 1. The van der Waals surface area contributed by atoms with Gasteiger partial charge in [-0.3, -0.25) is 0 Å². The van der Waals surface area contributed by atoms with Crippen molar-refractivity contribution < 1.29 is 4.79 Å². The summed E-state index contributed by atoms with van der Waals surface area (Å²) in [5, 5.41) is 14.9. The van der Waals surface area contributed by atoms with Crippen molar-refractivity contribution in [3.05, 3.63) is 29.3 Å². The van der Waals surface area contributed by atoms with E-state index in [2.05, 4.69) is 16.8 Å². The van der Waals surface area contributed by atoms with Crippen LogP contribution in [0.5, 0.6) is 0 Å². The van der Waals surface area contributed by atoms with Gasteiger partial charge in [0.1, 0.15) is 0 Å². The van der Waals surface area contributed by atoms with Crippen molar-refractivity contribution >= 4 is 23.3 Å². The van der Waals surface area contributed by atoms with Crippen LogP contribution in [0, 0.1) is 11.5 Å². The van der Waals surface area contributed by atoms with Crippen LogP contribution in [-0.4, -0.2) is 30.1 Å². The summed E-state index contributed by atoms with van der Waals surface area (Å²) in [5.41, 5.74) is 0.687. The Hall–Kier alpha value is -1.93. The van der Waals surface area contributed by atoms with Gasteiger partial charge in [-0.25, -0.2) is 4.79 Å². The molecule has 2 N–H and O–H groups in total. The van der Waals surface area contributed by atoms with Crippen LogP contribution in [0.2, 0.25) is 5.02 Å². The number of amides is 2. The van der Waals surface area contributed by atoms with Gasteiger partial charge in [0.05, 0.1) is 6.04 Å². The molecule has 1 heterocycles. The Balaban J connectivity index is 1.82. The van der Waals surface area contributed by atoms with Crippen molar-refractivity contribution in [3.8, 4) is 6.19 Å². The van der Waals surface area contributed by atoms with E-state index in [0.717, 1.165) is 6.42 Å². The number of hydrogen-bond donors (Lipinski definition) is 2. The van der Waals surface area contributed by atoms with Gasteiger partial charge in [0.2, 0.25) is 0 Å². The van der Waals surface area contributed by atoms with Crippen molar-refractivity contribution in [2.24, 2.45) is 0 Å². The summed E-state index contributed by atoms with van der Waals surface area (Å²) in [6, 6.07) is 6.66. The molecule has 1 saturated heterocycles. The van der Waals surface area contributed by atoms with E-state index in [9.17, 15) is 4.79 Å². The number of hydrogen-bond acceptors (Lipinski definition) is 3. The van der Waals surface area contributed by atoms with Gasteiger partial charge in [0.25, 0.3) is 0 Å². The highest BCUT2D eigenvalue weighted by molar-refractivity contribution is 6.30. The molecular weight excluding hydrogens is 252 g/mol. The monoisotopic (exact) mass is 264 g/mol. The van der Waals surface area contributed by atoms with E-state index < -0.39 is 0 Å². The minimum atomic E-state index is -0.262. The molecule has 0 aliphatic carbocycles. The molecule has 2 amide bonds. The smallest absolute Gasteiger partial charge is 0.319 e. The third kappa shape index (κ3) is 3.28. The number of benzene rings is 1. The van der Waals surface area contributed by atoms with E-state index in [1.807, 2.05) is 0 Å². The summed E-state index contributed by atoms with van der Waals surface area (Å²) in [5.74, 6) is 0. The second kappa shape index (κ2) is 5.61. The Kier molecular flexibility index (Phi) is 3.90. The van der Waals surface area contributed by atoms with E-state index in [4.69, 9.17) is 16.9 Å². The van der Waals surface area contributed by atoms with Crippen molar-refractivity contribution in [2.75, 3.05) is 18.4 Å². The standard InChI is InChI=1S/C12H13ClN4O/c13-9-1-3-10(4-2-9)15-12(18)16-11-5-6-17(7-11)8-14/h1-4,11H,5-7H2,(H2,15,16,18). The summed E-state index contributed by atoms with van der Waals surface area (Å²) >= 11 is 5.75. The Morgan fingerprint density at radius 1 is 1.44 bits per heavy atom. The molecule has 2 rings (SSSR count). The van der Waals surface area contributed by atoms with Crippen LogP contribution in [0.3, 0.4) is 0 Å². The topological polar surface area (TPSA) is 68.2 Å². The number of likely N-dealkylation sites (tertiary alicyclic amines) is 1. The largest absolute Gasteiger partial charge is 0.333 e. The lowest BCUT2D eigenvalue weighted by Crippen LogP contribution is -2.39. The van der Waals surface area contributed by atoms with Crippen molar-refractivity contribution in [1.82, 2.24) is 10.2 Å². The SMILES string of the molecule is N#CN1CCC(NC(=O)Nc2ccc(Cl)cc2)C1. The van der Waals surface area contributed by atoms with Crippen LogP contribution in [0.4, 0.5) is 10.5 Å². The minimum absolute atomic E-state index is 0.0250. The molecule has 0 saturated carbocycles. The summed E-state index contributed by atoms with van der Waals surface area (Å²) in [7, 11) is 0. The van der Waals surface area contributed by atoms with Crippen molar-refractivity contribution in [1.29, 1.82) is 5.26 Å². The molecule has 1 atom stereocenters. The molecule has 0 aromatic heterocycles. The Bertz CT molecular complexity index is 468. The number of urea groups is 1. The minimum Gasteiger partial charge on any atom is -0.333 e. The van der Waals surface area contributed by atoms with Crippen LogP contribution in [0.25, 0.3) is 0 Å². The van der Waals surface area contributed by atoms with Gasteiger partial charge in [-0.05, 0) is 30.7 Å². The maximum Gasteiger partial charge on any atom is 0.319 e. The third-order valence-corrected chi connectivity index (χ3v) is 3.02. The van der Waals surface area contributed by atoms with Gasteiger partial charge in [-0.15, -0.1) is 0 Å². The van der Waals surface area contributed by atoms with E-state index >= 15 is 0 Å². The molecule has 0 bridgehead atoms. The molecule has 1 aromatic rings. The summed E-state index contributed by atoms with van der Waals surface area (Å²) in [6.07, 6.45) is 2.86. The van der Waals surface area contributed by atoms with E-state index in [1.165, 1.54) is 0 Å². The second-order valence-corrected chi connectivity index (χ2v) is 4.57. The lowest BCUT2D eigenvalue weighted by atomic mass is 10.3. The number of nitrogens with zero attached hydrogens (tertiary/aromatic N) is 2. The fraction of sp³-hybridized carbons (Fsp3) is 0.333. The zero-order valence-electron chi connectivity index (χ0n) is 9.69. The lowest BCUT2D eigenvalue weighted by Gasteiger charge is -2.13. The molecule has 1 aromatic carbocycles. The predicted molar refractivity (Wildman–Crippen MR) is 69.2 cm³/mol. The predicted octanol–water partition coefficient (Wildman–Crippen LogP) is 2.02. The van der Waals surface area contributed by atoms with Gasteiger partial charge < -0.3 is 15.5 Å². The zero-order chi connectivity index (χ0) is 13.0. The summed E-state index contributed by atoms with van der Waals surface area (Å²) in [6.45, 7) is 1.27. The molecule has 1 aliphatic rings. The highest BCUT2D eigenvalue weighted by atomic mass is 35.5. The van der Waals surface area contributed by atoms with Crippen LogP contribution < -0.4 is 10.6 Å². The van der Waals surface area contributed by atoms with Gasteiger partial charge in [0, 0.05) is 23.8 Å². The first-order chi connectivity index (χ1) is 8.67. The van der Waals surface area contributed by atoms with Crippen LogP contribution in [0.1, 0.15) is 6.42 Å². The number of carbonyl (C=O) groups excluding carboxylic acids is 1. The zero-order valence-corrected chi connectivity index (χ0v) is 10.4. The van der Waals surface area contributed by atoms with Gasteiger partial charge in [-0.2, -0.15) is 5.26 Å². The van der Waals surface area contributed by atoms with Crippen molar-refractivity contribution in [3.63, 3.8) is 0 Å². The maximum atomic E-state index is 11.7. The quantitative estimate of drug-likeness (QED) is 0.803. The molecule has 94 valence electrons. The highest BCUT2D eigenvalue weighted by Gasteiger charge is 2.22. The molecular formula is C12H13ClN4O. The average molecular weight is 265 g/mol. The number of anilines is 1. The number of carbonyl (C=O) groups is 1. The Labute approximate surface area is 110 Å². The molecule has 0 spiro atoms. The molecule has 5 nitrogen and oxygen atoms in total. The molecule has 1 fully saturated rings. The molecule has 0 radical (unpaired) electrons. The van der Waals surface area contributed by atoms with Gasteiger partial charge >= 0.3 is 6.03 Å². The summed E-state index contributed by atoms with van der Waals surface area (Å²) in [4.78, 5) is 13.3. The van der Waals surface area contributed by atoms with Crippen LogP contribution >= 0.6 is 11.6 Å². The molecule has 18 heavy (non-hydrogen) atoms. The van der Waals surface area contributed by atoms with Crippen LogP contribution in [0.15, 0.2) is 24.3 Å². The second-order valence-electron chi connectivity index (χ2n) is 4.14. The van der Waals surface area contributed by atoms with Crippen molar-refractivity contribution in [2.45, 2.75) is 12.5 Å². The van der Waals surface area contributed by atoms with E-state index in [1.54, 1.807) is 29.2 Å². The normalized spacial score (nSPS) is 18.2. The molecule has 1 unspecified atom stereocenters. The Morgan fingerprint density at radius 2 is 2.17 bits per heavy atom. The van der Waals surface area contributed by atoms with Gasteiger partial charge in [-0.1, -0.05) is 11.6 Å². The Morgan fingerprint density at radius 3 is 2.78 bits per heavy atom. The third-order valence-electron chi connectivity index (χ3n) is 2.77. The summed E-state index contributed by atoms with van der Waals surface area (Å²) < 4.78 is 0. The molecule has 1 aliphatic heterocycles. The number of rotatable bonds is 2. The van der Waals surface area contributed by atoms with E-state index in [-0.39, 0.29) is 12.1 Å². The van der Waals surface area contributed by atoms with Gasteiger partial charge in [0.15, 0.2) is 6.19 Å². The highest BCUT2D eigenvalue weighted by Crippen LogP contribution is 2.13. The first kappa shape index (κ1) is 12.5. The fourth-order valence-electron chi connectivity index (χ4n) is 1.85. The lowest BCUT2D eigenvalue weighted by molar-refractivity contribution is 0.248. The first-order valence-corrected chi connectivity index (χ1v) is 6.03. The number of nitrogens with one attached hydrogen (secondary N) is 2. The average Bonchev–Trinajstić information content (AvgIpc) is 2.79. The van der Waals surface area contributed by atoms with Crippen LogP contribution in [-0.2, 0) is 0 Å². The maximum absolute atomic E-state index is 11.7. The molecule has 6 heteroatoms. The number of halogens is 1. The first-order valence-electron chi connectivity index (χ1n) is 5.65. The fourth-order valence-corrected chi connectivity index (χ4v) is 1.98. The van der Waals surface area contributed by atoms with E-state index in [0.29, 0.717) is 23.8 Å².